The number of piperazine rings is 2. The van der Waals surface area contributed by atoms with Crippen molar-refractivity contribution >= 4 is 57.8 Å². The van der Waals surface area contributed by atoms with Crippen molar-refractivity contribution in [1.82, 2.24) is 20.0 Å². The molecule has 3 fully saturated rings. The van der Waals surface area contributed by atoms with E-state index in [1.165, 1.54) is 67.2 Å². The molecule has 0 radical (unpaired) electrons. The number of thioether (sulfide) groups is 2. The summed E-state index contributed by atoms with van der Waals surface area (Å²) in [5.74, 6) is -1.14. The molecule has 1 aliphatic carbocycles. The van der Waals surface area contributed by atoms with Gasteiger partial charge in [0.25, 0.3) is 11.8 Å². The molecule has 0 aromatic heterocycles. The minimum Gasteiger partial charge on any atom is -0.507 e. The molecule has 2 atom stereocenters. The van der Waals surface area contributed by atoms with Crippen molar-refractivity contribution in [3.63, 3.8) is 0 Å². The van der Waals surface area contributed by atoms with Gasteiger partial charge in [-0.25, -0.2) is 8.78 Å². The van der Waals surface area contributed by atoms with Crippen LogP contribution in [0.1, 0.15) is 37.8 Å². The monoisotopic (exact) mass is 696 g/mol. The number of hydrogen-bond donors (Lipinski definition) is 3. The van der Waals surface area contributed by atoms with Crippen molar-refractivity contribution in [2.75, 3.05) is 45.8 Å². The maximum atomic E-state index is 13.1. The van der Waals surface area contributed by atoms with Crippen LogP contribution < -0.4 is 5.32 Å². The van der Waals surface area contributed by atoms with Crippen LogP contribution in [0.25, 0.3) is 12.2 Å². The molecule has 48 heavy (non-hydrogen) atoms. The van der Waals surface area contributed by atoms with Gasteiger partial charge in [0.1, 0.15) is 23.1 Å². The summed E-state index contributed by atoms with van der Waals surface area (Å²) in [5.41, 5.74) is 0.822. The third-order valence-corrected chi connectivity index (χ3v) is 10.7. The highest BCUT2D eigenvalue weighted by molar-refractivity contribution is 8.18. The number of nitrogens with zero attached hydrogens (tertiary/aromatic N) is 5. The highest BCUT2D eigenvalue weighted by atomic mass is 32.2. The Morgan fingerprint density at radius 1 is 0.833 bits per heavy atom. The minimum atomic E-state index is -0.517. The molecule has 5 aliphatic rings. The Balaban J connectivity index is 0.000000170. The van der Waals surface area contributed by atoms with E-state index < -0.39 is 11.6 Å². The predicted molar refractivity (Wildman–Crippen MR) is 187 cm³/mol. The first-order valence-corrected chi connectivity index (χ1v) is 17.7. The smallest absolute Gasteiger partial charge is 0.286 e. The molecule has 4 heterocycles. The van der Waals surface area contributed by atoms with Crippen LogP contribution in [-0.4, -0.2) is 105 Å². The maximum Gasteiger partial charge on any atom is 0.286 e. The van der Waals surface area contributed by atoms with E-state index in [1.54, 1.807) is 12.2 Å². The third kappa shape index (κ3) is 8.28. The molecular weight excluding hydrogens is 659 g/mol. The van der Waals surface area contributed by atoms with Crippen LogP contribution in [0.2, 0.25) is 0 Å². The number of hydrogen-bond acceptors (Lipinski definition) is 10. The van der Waals surface area contributed by atoms with Gasteiger partial charge in [0.2, 0.25) is 0 Å². The van der Waals surface area contributed by atoms with Gasteiger partial charge in [0.05, 0.1) is 9.81 Å². The average Bonchev–Trinajstić information content (AvgIpc) is 3.68. The number of carbonyl (C=O) groups excluding carboxylic acids is 2. The van der Waals surface area contributed by atoms with Gasteiger partial charge in [0, 0.05) is 81.2 Å². The molecule has 7 rings (SSSR count). The number of carbonyl (C=O) groups is 2. The molecule has 1 saturated carbocycles. The van der Waals surface area contributed by atoms with Gasteiger partial charge in [-0.2, -0.15) is 9.98 Å². The second-order valence-electron chi connectivity index (χ2n) is 12.5. The molecule has 0 unspecified atom stereocenters. The Morgan fingerprint density at radius 2 is 1.38 bits per heavy atom. The zero-order chi connectivity index (χ0) is 33.9. The van der Waals surface area contributed by atoms with E-state index in [2.05, 4.69) is 43.8 Å². The number of nitrogens with one attached hydrogen (secondary N) is 1. The first-order valence-electron chi connectivity index (χ1n) is 16.0. The number of amidine groups is 2. The summed E-state index contributed by atoms with van der Waals surface area (Å²) in [6.45, 7) is 10.8. The van der Waals surface area contributed by atoms with Crippen molar-refractivity contribution < 1.29 is 28.6 Å². The predicted octanol–water partition coefficient (Wildman–Crippen LogP) is 4.71. The van der Waals surface area contributed by atoms with Crippen molar-refractivity contribution in [2.24, 2.45) is 15.9 Å². The lowest BCUT2D eigenvalue weighted by molar-refractivity contribution is -0.114. The van der Waals surface area contributed by atoms with Gasteiger partial charge in [-0.05, 0) is 92.5 Å². The fraction of sp³-hybridized carbons (Fsp3) is 0.412. The van der Waals surface area contributed by atoms with Crippen LogP contribution in [0.3, 0.4) is 0 Å². The van der Waals surface area contributed by atoms with Crippen LogP contribution in [0.5, 0.6) is 11.5 Å². The first-order chi connectivity index (χ1) is 23.0. The van der Waals surface area contributed by atoms with E-state index in [-0.39, 0.29) is 29.4 Å². The fourth-order valence-corrected chi connectivity index (χ4v) is 7.94. The van der Waals surface area contributed by atoms with E-state index in [1.807, 2.05) is 0 Å². The third-order valence-electron chi connectivity index (χ3n) is 8.69. The van der Waals surface area contributed by atoms with Gasteiger partial charge in [-0.3, -0.25) is 14.5 Å². The van der Waals surface area contributed by atoms with Gasteiger partial charge in [-0.1, -0.05) is 0 Å². The molecule has 4 aliphatic heterocycles. The van der Waals surface area contributed by atoms with E-state index in [4.69, 9.17) is 0 Å². The van der Waals surface area contributed by atoms with Crippen LogP contribution in [0.15, 0.2) is 56.2 Å². The highest BCUT2D eigenvalue weighted by Gasteiger charge is 2.34. The molecule has 2 saturated heterocycles. The first kappa shape index (κ1) is 34.2. The van der Waals surface area contributed by atoms with E-state index in [0.717, 1.165) is 62.5 Å². The second kappa shape index (κ2) is 14.8. The van der Waals surface area contributed by atoms with Crippen LogP contribution in [0, 0.1) is 17.6 Å². The van der Waals surface area contributed by atoms with Crippen LogP contribution >= 0.6 is 23.5 Å². The molecule has 10 nitrogen and oxygen atoms in total. The summed E-state index contributed by atoms with van der Waals surface area (Å²) in [6.07, 6.45) is 5.84. The second-order valence-corrected chi connectivity index (χ2v) is 14.5. The molecule has 0 spiro atoms. The van der Waals surface area contributed by atoms with Gasteiger partial charge in [-0.15, -0.1) is 0 Å². The zero-order valence-electron chi connectivity index (χ0n) is 26.7. The van der Waals surface area contributed by atoms with E-state index in [0.29, 0.717) is 32.1 Å². The molecule has 2 amide bonds. The summed E-state index contributed by atoms with van der Waals surface area (Å²) in [4.78, 5) is 40.3. The van der Waals surface area contributed by atoms with Crippen molar-refractivity contribution in [3.8, 4) is 11.5 Å². The van der Waals surface area contributed by atoms with Crippen molar-refractivity contribution in [2.45, 2.75) is 38.8 Å². The molecule has 3 N–H and O–H groups in total. The number of halogens is 2. The van der Waals surface area contributed by atoms with Crippen LogP contribution in [-0.2, 0) is 9.59 Å². The van der Waals surface area contributed by atoms with Crippen molar-refractivity contribution in [1.29, 1.82) is 0 Å². The Hall–Kier alpha value is -3.72. The molecule has 254 valence electrons. The topological polar surface area (TPSA) is 121 Å². The minimum absolute atomic E-state index is 0.179. The number of benzene rings is 2. The molecule has 0 bridgehead atoms. The lowest BCUT2D eigenvalue weighted by Crippen LogP contribution is -2.53. The Bertz CT molecular complexity index is 1710. The fourth-order valence-electron chi connectivity index (χ4n) is 5.88. The molecular formula is C34H38F2N6O4S2. The number of phenolic OH excluding ortho intramolecular Hbond substituents is 2. The number of phenols is 2. The lowest BCUT2D eigenvalue weighted by Gasteiger charge is -2.40. The Labute approximate surface area is 286 Å². The summed E-state index contributed by atoms with van der Waals surface area (Å²) in [6, 6.07) is 8.05. The number of aromatic hydroxyl groups is 2. The Kier molecular flexibility index (Phi) is 10.5. The van der Waals surface area contributed by atoms with Crippen molar-refractivity contribution in [3.05, 3.63) is 69.0 Å². The molecule has 2 aromatic carbocycles. The highest BCUT2D eigenvalue weighted by Crippen LogP contribution is 2.35. The SMILES string of the molecule is C[C@H]1CN(CC2CC2)CCN1C1=NC(=O)/C(=C/c2ccc(F)cc2O)S1.C[C@H]1CNCCN1C1=NC(=O)/C(=C/c2ccc(F)cc2O)S1. The van der Waals surface area contributed by atoms with Gasteiger partial charge < -0.3 is 25.3 Å². The maximum absolute atomic E-state index is 13.1. The van der Waals surface area contributed by atoms with Gasteiger partial charge >= 0.3 is 0 Å². The quantitative estimate of drug-likeness (QED) is 0.388. The molecule has 2 aromatic rings. The molecule has 14 heteroatoms. The average molecular weight is 697 g/mol. The summed E-state index contributed by atoms with van der Waals surface area (Å²) >= 11 is 2.62. The van der Waals surface area contributed by atoms with E-state index >= 15 is 0 Å². The largest absolute Gasteiger partial charge is 0.507 e. The standard InChI is InChI=1S/C19H22FN3O2S.C15H16FN3O2S/c1-12-10-22(11-13-2-3-13)6-7-23(12)19-21-18(25)17(26-19)8-14-4-5-15(20)9-16(14)24;1-9-8-17-4-5-19(9)15-18-14(21)13(22-15)6-10-2-3-11(16)7-12(10)20/h4-5,8-9,12-13,24H,2-3,6-7,10-11H2,1H3;2-3,6-7,9,17,20H,4-5,8H2,1H3/b17-8-;13-6-/t12-;9-/m00/s1. The zero-order valence-corrected chi connectivity index (χ0v) is 28.4. The number of amides is 2. The summed E-state index contributed by atoms with van der Waals surface area (Å²) < 4.78 is 26.1. The summed E-state index contributed by atoms with van der Waals surface area (Å²) in [7, 11) is 0. The van der Waals surface area contributed by atoms with E-state index in [9.17, 15) is 28.6 Å². The number of rotatable bonds is 4. The number of aliphatic imine (C=N–C) groups is 2. The normalized spacial score (nSPS) is 25.0. The van der Waals surface area contributed by atoms with Gasteiger partial charge in [0.15, 0.2) is 10.3 Å². The Morgan fingerprint density at radius 3 is 1.85 bits per heavy atom. The van der Waals surface area contributed by atoms with Crippen LogP contribution in [0.4, 0.5) is 8.78 Å². The summed E-state index contributed by atoms with van der Waals surface area (Å²) in [5, 5.41) is 24.3. The lowest BCUT2D eigenvalue weighted by atomic mass is 10.2.